The van der Waals surface area contributed by atoms with Gasteiger partial charge in [-0.2, -0.15) is 0 Å². The van der Waals surface area contributed by atoms with Gasteiger partial charge in [0.1, 0.15) is 12.4 Å². The first kappa shape index (κ1) is 21.7. The van der Waals surface area contributed by atoms with Crippen LogP contribution in [0.3, 0.4) is 0 Å². The van der Waals surface area contributed by atoms with Crippen molar-refractivity contribution in [1.29, 1.82) is 0 Å². The standard InChI is InChI=1S/C18H16Cl3N5O2S/c1-10(17(27)23-16-14(21)7-12(20)8-22-16)29-18-25-24-15(26(18)2)9-28-13-5-3-11(19)4-6-13/h3-8,10H,9H2,1-2H3,(H,22,23,27). The largest absolute Gasteiger partial charge is 0.486 e. The third kappa shape index (κ3) is 5.76. The number of pyridine rings is 1. The molecule has 0 aliphatic carbocycles. The van der Waals surface area contributed by atoms with Crippen LogP contribution in [0.4, 0.5) is 5.82 Å². The van der Waals surface area contributed by atoms with Crippen molar-refractivity contribution in [2.75, 3.05) is 5.32 Å². The molecule has 1 amide bonds. The number of nitrogens with one attached hydrogen (secondary N) is 1. The Hall–Kier alpha value is -2.00. The van der Waals surface area contributed by atoms with Gasteiger partial charge in [0.25, 0.3) is 0 Å². The quantitative estimate of drug-likeness (QED) is 0.494. The van der Waals surface area contributed by atoms with E-state index in [4.69, 9.17) is 39.5 Å². The maximum Gasteiger partial charge on any atom is 0.238 e. The molecule has 2 aromatic heterocycles. The van der Waals surface area contributed by atoms with Gasteiger partial charge in [0.05, 0.1) is 15.3 Å². The molecule has 3 rings (SSSR count). The van der Waals surface area contributed by atoms with E-state index in [2.05, 4.69) is 20.5 Å². The normalized spacial score (nSPS) is 11.9. The second-order valence-corrected chi connectivity index (χ2v) is 8.52. The molecule has 1 unspecified atom stereocenters. The summed E-state index contributed by atoms with van der Waals surface area (Å²) in [6.07, 6.45) is 1.41. The fourth-order valence-electron chi connectivity index (χ4n) is 2.19. The maximum atomic E-state index is 12.5. The van der Waals surface area contributed by atoms with E-state index in [1.54, 1.807) is 35.8 Å². The highest BCUT2D eigenvalue weighted by Crippen LogP contribution is 2.26. The van der Waals surface area contributed by atoms with Crippen molar-refractivity contribution in [2.45, 2.75) is 23.9 Å². The summed E-state index contributed by atoms with van der Waals surface area (Å²) in [5, 5.41) is 12.4. The highest BCUT2D eigenvalue weighted by molar-refractivity contribution is 8.00. The summed E-state index contributed by atoms with van der Waals surface area (Å²) in [6.45, 7) is 1.99. The van der Waals surface area contributed by atoms with Gasteiger partial charge in [-0.25, -0.2) is 4.98 Å². The number of anilines is 1. The third-order valence-corrected chi connectivity index (χ3v) is 5.69. The zero-order chi connectivity index (χ0) is 21.0. The summed E-state index contributed by atoms with van der Waals surface area (Å²) in [5.74, 6) is 1.28. The number of rotatable bonds is 7. The van der Waals surface area contributed by atoms with Gasteiger partial charge >= 0.3 is 0 Å². The Kier molecular flexibility index (Phi) is 7.23. The highest BCUT2D eigenvalue weighted by Gasteiger charge is 2.20. The van der Waals surface area contributed by atoms with E-state index in [9.17, 15) is 4.79 Å². The molecule has 0 saturated carbocycles. The lowest BCUT2D eigenvalue weighted by Crippen LogP contribution is -2.23. The van der Waals surface area contributed by atoms with E-state index < -0.39 is 5.25 Å². The van der Waals surface area contributed by atoms with Gasteiger partial charge in [0.15, 0.2) is 16.8 Å². The van der Waals surface area contributed by atoms with E-state index >= 15 is 0 Å². The molecule has 7 nitrogen and oxygen atoms in total. The van der Waals surface area contributed by atoms with Gasteiger partial charge in [-0.05, 0) is 37.3 Å². The summed E-state index contributed by atoms with van der Waals surface area (Å²) >= 11 is 19.0. The molecule has 0 bridgehead atoms. The first-order valence-electron chi connectivity index (χ1n) is 8.38. The van der Waals surface area contributed by atoms with Crippen molar-refractivity contribution in [1.82, 2.24) is 19.7 Å². The Morgan fingerprint density at radius 1 is 1.21 bits per heavy atom. The molecule has 2 heterocycles. The monoisotopic (exact) mass is 471 g/mol. The number of benzene rings is 1. The first-order chi connectivity index (χ1) is 13.8. The second-order valence-electron chi connectivity index (χ2n) is 5.93. The molecule has 1 aromatic carbocycles. The fraction of sp³-hybridized carbons (Fsp3) is 0.222. The van der Waals surface area contributed by atoms with Crippen molar-refractivity contribution in [2.24, 2.45) is 7.05 Å². The van der Waals surface area contributed by atoms with Crippen molar-refractivity contribution in [3.63, 3.8) is 0 Å². The fourth-order valence-corrected chi connectivity index (χ4v) is 3.58. The number of thioether (sulfide) groups is 1. The Morgan fingerprint density at radius 2 is 1.93 bits per heavy atom. The zero-order valence-corrected chi connectivity index (χ0v) is 18.5. The van der Waals surface area contributed by atoms with E-state index in [0.29, 0.717) is 26.8 Å². The zero-order valence-electron chi connectivity index (χ0n) is 15.4. The van der Waals surface area contributed by atoms with E-state index in [1.165, 1.54) is 24.0 Å². The lowest BCUT2D eigenvalue weighted by atomic mass is 10.3. The molecule has 0 radical (unpaired) electrons. The second kappa shape index (κ2) is 9.67. The lowest BCUT2D eigenvalue weighted by molar-refractivity contribution is -0.115. The van der Waals surface area contributed by atoms with Crippen LogP contribution in [-0.4, -0.2) is 30.9 Å². The molecule has 152 valence electrons. The van der Waals surface area contributed by atoms with Crippen LogP contribution in [0.25, 0.3) is 0 Å². The summed E-state index contributed by atoms with van der Waals surface area (Å²) in [7, 11) is 1.81. The maximum absolute atomic E-state index is 12.5. The molecule has 1 N–H and O–H groups in total. The minimum atomic E-state index is -0.462. The van der Waals surface area contributed by atoms with Gasteiger partial charge in [-0.1, -0.05) is 46.6 Å². The molecular formula is C18H16Cl3N5O2S. The van der Waals surface area contributed by atoms with Crippen LogP contribution in [0.1, 0.15) is 12.7 Å². The molecule has 0 spiro atoms. The molecular weight excluding hydrogens is 457 g/mol. The third-order valence-electron chi connectivity index (χ3n) is 3.81. The Labute approximate surface area is 186 Å². The summed E-state index contributed by atoms with van der Waals surface area (Å²) < 4.78 is 7.47. The van der Waals surface area contributed by atoms with Gasteiger partial charge in [0.2, 0.25) is 5.91 Å². The molecule has 0 aliphatic heterocycles. The van der Waals surface area contributed by atoms with Crippen LogP contribution in [0.15, 0.2) is 41.7 Å². The SMILES string of the molecule is CC(Sc1nnc(COc2ccc(Cl)cc2)n1C)C(=O)Nc1ncc(Cl)cc1Cl. The molecule has 11 heteroatoms. The van der Waals surface area contributed by atoms with Crippen molar-refractivity contribution in [3.8, 4) is 5.75 Å². The molecule has 1 atom stereocenters. The lowest BCUT2D eigenvalue weighted by Gasteiger charge is -2.12. The number of carbonyl (C=O) groups excluding carboxylic acids is 1. The van der Waals surface area contributed by atoms with Crippen molar-refractivity contribution in [3.05, 3.63) is 57.4 Å². The predicted octanol–water partition coefficient (Wildman–Crippen LogP) is 4.87. The number of carbonyl (C=O) groups is 1. The number of aromatic nitrogens is 4. The highest BCUT2D eigenvalue weighted by atomic mass is 35.5. The molecule has 29 heavy (non-hydrogen) atoms. The molecule has 3 aromatic rings. The van der Waals surface area contributed by atoms with Gasteiger partial charge in [-0.15, -0.1) is 10.2 Å². The minimum Gasteiger partial charge on any atom is -0.486 e. The van der Waals surface area contributed by atoms with Crippen molar-refractivity contribution < 1.29 is 9.53 Å². The number of hydrogen-bond acceptors (Lipinski definition) is 6. The number of ether oxygens (including phenoxy) is 1. The molecule has 0 saturated heterocycles. The topological polar surface area (TPSA) is 81.9 Å². The summed E-state index contributed by atoms with van der Waals surface area (Å²) in [4.78, 5) is 16.5. The molecule has 0 aliphatic rings. The van der Waals surface area contributed by atoms with E-state index in [1.807, 2.05) is 7.05 Å². The van der Waals surface area contributed by atoms with Crippen LogP contribution in [-0.2, 0) is 18.4 Å². The van der Waals surface area contributed by atoms with Crippen LogP contribution < -0.4 is 10.1 Å². The smallest absolute Gasteiger partial charge is 0.238 e. The van der Waals surface area contributed by atoms with Crippen LogP contribution >= 0.6 is 46.6 Å². The molecule has 0 fully saturated rings. The average molecular weight is 473 g/mol. The number of amides is 1. The Morgan fingerprint density at radius 3 is 2.62 bits per heavy atom. The van der Waals surface area contributed by atoms with Crippen LogP contribution in [0.2, 0.25) is 15.1 Å². The number of nitrogens with zero attached hydrogens (tertiary/aromatic N) is 4. The van der Waals surface area contributed by atoms with Gasteiger partial charge in [0, 0.05) is 18.3 Å². The summed E-state index contributed by atoms with van der Waals surface area (Å²) in [6, 6.07) is 8.56. The average Bonchev–Trinajstić information content (AvgIpc) is 3.03. The van der Waals surface area contributed by atoms with Crippen LogP contribution in [0, 0.1) is 0 Å². The Balaban J connectivity index is 1.59. The van der Waals surface area contributed by atoms with Crippen LogP contribution in [0.5, 0.6) is 5.75 Å². The predicted molar refractivity (Wildman–Crippen MR) is 115 cm³/mol. The van der Waals surface area contributed by atoms with E-state index in [-0.39, 0.29) is 23.4 Å². The van der Waals surface area contributed by atoms with Gasteiger partial charge in [-0.3, -0.25) is 4.79 Å². The summed E-state index contributed by atoms with van der Waals surface area (Å²) in [5.41, 5.74) is 0. The van der Waals surface area contributed by atoms with Gasteiger partial charge < -0.3 is 14.6 Å². The number of halogens is 3. The minimum absolute atomic E-state index is 0.233. The first-order valence-corrected chi connectivity index (χ1v) is 10.4. The van der Waals surface area contributed by atoms with E-state index in [0.717, 1.165) is 0 Å². The number of hydrogen-bond donors (Lipinski definition) is 1. The Bertz CT molecular complexity index is 1010. The van der Waals surface area contributed by atoms with Crippen molar-refractivity contribution >= 4 is 58.3 Å².